The van der Waals surface area contributed by atoms with Crippen LogP contribution in [0.2, 0.25) is 0 Å². The Bertz CT molecular complexity index is 346. The van der Waals surface area contributed by atoms with E-state index in [9.17, 15) is 0 Å². The number of nitrogens with zero attached hydrogens (tertiary/aromatic N) is 2. The molecule has 1 heterocycles. The van der Waals surface area contributed by atoms with Crippen molar-refractivity contribution in [3.05, 3.63) is 18.0 Å². The first-order valence-corrected chi connectivity index (χ1v) is 8.92. The van der Waals surface area contributed by atoms with Crippen LogP contribution >= 0.6 is 0 Å². The van der Waals surface area contributed by atoms with Crippen LogP contribution in [0.5, 0.6) is 0 Å². The molecule has 21 heavy (non-hydrogen) atoms. The molecule has 0 amide bonds. The van der Waals surface area contributed by atoms with Gasteiger partial charge in [0.2, 0.25) is 0 Å². The zero-order chi connectivity index (χ0) is 15.3. The molecule has 0 radical (unpaired) electrons. The van der Waals surface area contributed by atoms with E-state index in [-0.39, 0.29) is 0 Å². The third kappa shape index (κ3) is 8.92. The van der Waals surface area contributed by atoms with Crippen molar-refractivity contribution < 1.29 is 0 Å². The summed E-state index contributed by atoms with van der Waals surface area (Å²) in [5.74, 6) is 0. The van der Waals surface area contributed by atoms with Crippen LogP contribution in [-0.4, -0.2) is 22.9 Å². The molecule has 122 valence electrons. The van der Waals surface area contributed by atoms with E-state index in [2.05, 4.69) is 30.5 Å². The second-order valence-corrected chi connectivity index (χ2v) is 6.29. The number of rotatable bonds is 13. The molecule has 0 aliphatic heterocycles. The molecule has 0 bridgehead atoms. The van der Waals surface area contributed by atoms with Gasteiger partial charge < -0.3 is 5.32 Å². The van der Waals surface area contributed by atoms with Gasteiger partial charge in [0.25, 0.3) is 0 Å². The van der Waals surface area contributed by atoms with Gasteiger partial charge in [-0.3, -0.25) is 4.68 Å². The molecule has 1 N–H and O–H groups in total. The van der Waals surface area contributed by atoms with Crippen molar-refractivity contribution in [3.63, 3.8) is 0 Å². The first kappa shape index (κ1) is 18.2. The fourth-order valence-electron chi connectivity index (χ4n) is 2.87. The van der Waals surface area contributed by atoms with Gasteiger partial charge in [-0.05, 0) is 19.5 Å². The van der Waals surface area contributed by atoms with Crippen molar-refractivity contribution in [1.82, 2.24) is 15.1 Å². The minimum atomic E-state index is 0.574. The Labute approximate surface area is 131 Å². The molecule has 0 fully saturated rings. The Kier molecular flexibility index (Phi) is 10.2. The number of nitrogens with one attached hydrogen (secondary N) is 1. The maximum Gasteiger partial charge on any atom is 0.0639 e. The zero-order valence-electron chi connectivity index (χ0n) is 14.4. The topological polar surface area (TPSA) is 29.9 Å². The van der Waals surface area contributed by atoms with Gasteiger partial charge in [0, 0.05) is 25.7 Å². The van der Waals surface area contributed by atoms with Gasteiger partial charge in [-0.15, -0.1) is 0 Å². The largest absolute Gasteiger partial charge is 0.317 e. The summed E-state index contributed by atoms with van der Waals surface area (Å²) in [7, 11) is 4.06. The first-order valence-electron chi connectivity index (χ1n) is 8.92. The van der Waals surface area contributed by atoms with Gasteiger partial charge in [-0.1, -0.05) is 64.7 Å². The molecular formula is C18H35N3. The second-order valence-electron chi connectivity index (χ2n) is 6.29. The standard InChI is InChI=1S/C18H35N3/c1-4-5-6-7-8-9-10-11-12-13-17(19-2)16-18-14-15-21(3)20-18/h14-15,17,19H,4-13,16H2,1-3H3. The van der Waals surface area contributed by atoms with E-state index >= 15 is 0 Å². The van der Waals surface area contributed by atoms with E-state index < -0.39 is 0 Å². The number of hydrogen-bond donors (Lipinski definition) is 1. The first-order chi connectivity index (χ1) is 10.3. The Hall–Kier alpha value is -0.830. The molecule has 1 aromatic rings. The molecule has 0 aromatic carbocycles. The maximum atomic E-state index is 4.47. The summed E-state index contributed by atoms with van der Waals surface area (Å²) in [5.41, 5.74) is 1.20. The van der Waals surface area contributed by atoms with Crippen LogP contribution in [0.3, 0.4) is 0 Å². The predicted molar refractivity (Wildman–Crippen MR) is 91.6 cm³/mol. The minimum absolute atomic E-state index is 0.574. The summed E-state index contributed by atoms with van der Waals surface area (Å²) in [6.07, 6.45) is 17.0. The van der Waals surface area contributed by atoms with Crippen LogP contribution in [0.15, 0.2) is 12.3 Å². The van der Waals surface area contributed by atoms with Crippen LogP contribution in [-0.2, 0) is 13.5 Å². The van der Waals surface area contributed by atoms with Crippen molar-refractivity contribution in [3.8, 4) is 0 Å². The highest BCUT2D eigenvalue weighted by atomic mass is 15.2. The average Bonchev–Trinajstić information content (AvgIpc) is 2.89. The summed E-state index contributed by atoms with van der Waals surface area (Å²) < 4.78 is 1.89. The molecule has 0 spiro atoms. The highest BCUT2D eigenvalue weighted by molar-refractivity contribution is 5.01. The molecular weight excluding hydrogens is 258 g/mol. The number of aromatic nitrogens is 2. The Morgan fingerprint density at radius 3 is 2.19 bits per heavy atom. The molecule has 1 aromatic heterocycles. The Balaban J connectivity index is 1.99. The fraction of sp³-hybridized carbons (Fsp3) is 0.833. The normalized spacial score (nSPS) is 12.7. The quantitative estimate of drug-likeness (QED) is 0.544. The lowest BCUT2D eigenvalue weighted by molar-refractivity contribution is 0.472. The van der Waals surface area contributed by atoms with Crippen LogP contribution in [0.4, 0.5) is 0 Å². The third-order valence-corrected chi connectivity index (χ3v) is 4.29. The fourth-order valence-corrected chi connectivity index (χ4v) is 2.87. The predicted octanol–water partition coefficient (Wildman–Crippen LogP) is 4.47. The molecule has 3 nitrogen and oxygen atoms in total. The van der Waals surface area contributed by atoms with Crippen LogP contribution < -0.4 is 5.32 Å². The van der Waals surface area contributed by atoms with E-state index in [0.29, 0.717) is 6.04 Å². The molecule has 1 unspecified atom stereocenters. The SMILES string of the molecule is CCCCCCCCCCCC(Cc1ccn(C)n1)NC. The lowest BCUT2D eigenvalue weighted by atomic mass is 10.0. The molecule has 0 aliphatic carbocycles. The highest BCUT2D eigenvalue weighted by Crippen LogP contribution is 2.12. The van der Waals surface area contributed by atoms with Crippen molar-refractivity contribution in [2.45, 2.75) is 83.6 Å². The number of aryl methyl sites for hydroxylation is 1. The average molecular weight is 293 g/mol. The molecule has 0 saturated heterocycles. The number of hydrogen-bond acceptors (Lipinski definition) is 2. The number of unbranched alkanes of at least 4 members (excludes halogenated alkanes) is 8. The minimum Gasteiger partial charge on any atom is -0.317 e. The van der Waals surface area contributed by atoms with Crippen LogP contribution in [0.1, 0.15) is 76.8 Å². The van der Waals surface area contributed by atoms with Gasteiger partial charge in [0.05, 0.1) is 5.69 Å². The third-order valence-electron chi connectivity index (χ3n) is 4.29. The maximum absolute atomic E-state index is 4.47. The van der Waals surface area contributed by atoms with E-state index in [1.54, 1.807) is 0 Å². The van der Waals surface area contributed by atoms with E-state index in [1.165, 1.54) is 69.9 Å². The summed E-state index contributed by atoms with van der Waals surface area (Å²) in [5, 5.41) is 7.90. The lowest BCUT2D eigenvalue weighted by Gasteiger charge is -2.14. The summed E-state index contributed by atoms with van der Waals surface area (Å²) >= 11 is 0. The van der Waals surface area contributed by atoms with Gasteiger partial charge in [-0.2, -0.15) is 5.10 Å². The zero-order valence-corrected chi connectivity index (χ0v) is 14.4. The van der Waals surface area contributed by atoms with E-state index in [0.717, 1.165) is 6.42 Å². The van der Waals surface area contributed by atoms with Crippen molar-refractivity contribution in [1.29, 1.82) is 0 Å². The molecule has 0 saturated carbocycles. The van der Waals surface area contributed by atoms with Crippen molar-refractivity contribution >= 4 is 0 Å². The Morgan fingerprint density at radius 1 is 1.05 bits per heavy atom. The molecule has 1 atom stereocenters. The summed E-state index contributed by atoms with van der Waals surface area (Å²) in [6.45, 7) is 2.28. The number of likely N-dealkylation sites (N-methyl/N-ethyl adjacent to an activating group) is 1. The van der Waals surface area contributed by atoms with Gasteiger partial charge in [0.1, 0.15) is 0 Å². The monoisotopic (exact) mass is 293 g/mol. The Morgan fingerprint density at radius 2 is 1.67 bits per heavy atom. The van der Waals surface area contributed by atoms with Crippen molar-refractivity contribution in [2.75, 3.05) is 7.05 Å². The molecule has 1 rings (SSSR count). The molecule has 3 heteroatoms. The van der Waals surface area contributed by atoms with Gasteiger partial charge in [-0.25, -0.2) is 0 Å². The highest BCUT2D eigenvalue weighted by Gasteiger charge is 2.08. The van der Waals surface area contributed by atoms with Gasteiger partial charge in [0.15, 0.2) is 0 Å². The van der Waals surface area contributed by atoms with E-state index in [1.807, 2.05) is 17.9 Å². The summed E-state index contributed by atoms with van der Waals surface area (Å²) in [6, 6.07) is 2.70. The van der Waals surface area contributed by atoms with Crippen LogP contribution in [0.25, 0.3) is 0 Å². The van der Waals surface area contributed by atoms with Gasteiger partial charge >= 0.3 is 0 Å². The second kappa shape index (κ2) is 11.8. The smallest absolute Gasteiger partial charge is 0.0639 e. The van der Waals surface area contributed by atoms with Crippen molar-refractivity contribution in [2.24, 2.45) is 7.05 Å². The molecule has 0 aliphatic rings. The van der Waals surface area contributed by atoms with Crippen LogP contribution in [0, 0.1) is 0 Å². The summed E-state index contributed by atoms with van der Waals surface area (Å²) in [4.78, 5) is 0. The lowest BCUT2D eigenvalue weighted by Crippen LogP contribution is -2.27. The van der Waals surface area contributed by atoms with E-state index in [4.69, 9.17) is 0 Å².